The summed E-state index contributed by atoms with van der Waals surface area (Å²) in [6.45, 7) is 2.60. The van der Waals surface area contributed by atoms with Gasteiger partial charge in [0.25, 0.3) is 17.5 Å². The number of rotatable bonds is 7. The lowest BCUT2D eigenvalue weighted by atomic mass is 9.48. The summed E-state index contributed by atoms with van der Waals surface area (Å²) in [5.41, 5.74) is 0.253. The summed E-state index contributed by atoms with van der Waals surface area (Å²) < 4.78 is 0. The average Bonchev–Trinajstić information content (AvgIpc) is 2.99. The Morgan fingerprint density at radius 2 is 1.73 bits per heavy atom. The first-order valence-electron chi connectivity index (χ1n) is 11.9. The van der Waals surface area contributed by atoms with Gasteiger partial charge in [-0.2, -0.15) is 0 Å². The van der Waals surface area contributed by atoms with E-state index in [-0.39, 0.29) is 40.8 Å². The molecule has 4 amide bonds. The predicted octanol–water partition coefficient (Wildman–Crippen LogP) is 3.49. The van der Waals surface area contributed by atoms with Crippen LogP contribution in [0.4, 0.5) is 10.5 Å². The Labute approximate surface area is 192 Å². The molecule has 1 unspecified atom stereocenters. The van der Waals surface area contributed by atoms with Crippen LogP contribution in [0.5, 0.6) is 0 Å². The van der Waals surface area contributed by atoms with Crippen LogP contribution in [0.25, 0.3) is 0 Å². The van der Waals surface area contributed by atoms with Crippen molar-refractivity contribution in [2.75, 3.05) is 13.1 Å². The average molecular weight is 455 g/mol. The molecule has 1 heterocycles. The molecule has 4 bridgehead atoms. The van der Waals surface area contributed by atoms with Gasteiger partial charge in [-0.1, -0.05) is 0 Å². The Morgan fingerprint density at radius 3 is 2.33 bits per heavy atom. The number of fused-ring (bicyclic) bond motifs is 1. The number of nitrogens with one attached hydrogen (secondary N) is 2. The molecule has 0 saturated heterocycles. The Morgan fingerprint density at radius 1 is 1.12 bits per heavy atom. The Kier molecular flexibility index (Phi) is 5.37. The Hall–Kier alpha value is -2.97. The molecule has 6 rings (SSSR count). The zero-order valence-corrected chi connectivity index (χ0v) is 18.8. The molecule has 4 fully saturated rings. The maximum absolute atomic E-state index is 12.5. The lowest BCUT2D eigenvalue weighted by Gasteiger charge is -2.59. The molecule has 1 aromatic rings. The predicted molar refractivity (Wildman–Crippen MR) is 120 cm³/mol. The number of benzene rings is 1. The van der Waals surface area contributed by atoms with E-state index in [9.17, 15) is 24.5 Å². The van der Waals surface area contributed by atoms with Gasteiger partial charge >= 0.3 is 6.03 Å². The summed E-state index contributed by atoms with van der Waals surface area (Å²) in [6.07, 6.45) is 8.16. The number of nitrogens with zero attached hydrogens (tertiary/aromatic N) is 2. The molecular formula is C24H30N4O5. The van der Waals surface area contributed by atoms with Gasteiger partial charge in [0, 0.05) is 31.3 Å². The van der Waals surface area contributed by atoms with Crippen LogP contribution in [0.15, 0.2) is 18.2 Å². The fourth-order valence-corrected chi connectivity index (χ4v) is 7.14. The van der Waals surface area contributed by atoms with Crippen molar-refractivity contribution < 1.29 is 19.3 Å². The quantitative estimate of drug-likeness (QED) is 0.283. The van der Waals surface area contributed by atoms with E-state index in [0.29, 0.717) is 13.0 Å². The second kappa shape index (κ2) is 8.11. The molecule has 9 heteroatoms. The maximum Gasteiger partial charge on any atom is 0.315 e. The van der Waals surface area contributed by atoms with E-state index in [4.69, 9.17) is 0 Å². The van der Waals surface area contributed by atoms with Crippen LogP contribution in [0.3, 0.4) is 0 Å². The first kappa shape index (κ1) is 21.9. The summed E-state index contributed by atoms with van der Waals surface area (Å²) in [7, 11) is 0. The molecule has 9 nitrogen and oxygen atoms in total. The largest absolute Gasteiger partial charge is 0.338 e. The minimum Gasteiger partial charge on any atom is -0.338 e. The number of non-ortho nitro benzene ring substituents is 1. The van der Waals surface area contributed by atoms with Gasteiger partial charge in [0.15, 0.2) is 0 Å². The number of carbonyl (C=O) groups is 3. The smallest absolute Gasteiger partial charge is 0.315 e. The summed E-state index contributed by atoms with van der Waals surface area (Å²) in [5.74, 6) is 1.49. The van der Waals surface area contributed by atoms with Crippen LogP contribution < -0.4 is 10.6 Å². The molecule has 0 radical (unpaired) electrons. The van der Waals surface area contributed by atoms with E-state index in [1.807, 2.05) is 0 Å². The van der Waals surface area contributed by atoms with Crippen LogP contribution in [0, 0.1) is 33.3 Å². The first-order chi connectivity index (χ1) is 15.8. The van der Waals surface area contributed by atoms with Crippen LogP contribution in [-0.4, -0.2) is 46.8 Å². The molecule has 1 aromatic carbocycles. The zero-order chi connectivity index (χ0) is 23.3. The van der Waals surface area contributed by atoms with E-state index in [0.717, 1.165) is 28.7 Å². The van der Waals surface area contributed by atoms with Crippen molar-refractivity contribution in [1.82, 2.24) is 15.5 Å². The molecule has 0 spiro atoms. The minimum absolute atomic E-state index is 0.0595. The summed E-state index contributed by atoms with van der Waals surface area (Å²) in [4.78, 5) is 49.0. The van der Waals surface area contributed by atoms with Crippen LogP contribution in [0.1, 0.15) is 72.6 Å². The van der Waals surface area contributed by atoms with E-state index >= 15 is 0 Å². The highest BCUT2D eigenvalue weighted by molar-refractivity contribution is 6.21. The van der Waals surface area contributed by atoms with E-state index in [1.54, 1.807) is 0 Å². The third-order valence-corrected chi connectivity index (χ3v) is 8.36. The molecular weight excluding hydrogens is 424 g/mol. The van der Waals surface area contributed by atoms with Crippen molar-refractivity contribution in [2.45, 2.75) is 57.9 Å². The number of nitro benzene ring substituents is 1. The third kappa shape index (κ3) is 3.87. The van der Waals surface area contributed by atoms with E-state index in [1.165, 1.54) is 50.7 Å². The minimum atomic E-state index is -0.590. The Balaban J connectivity index is 1.10. The highest BCUT2D eigenvalue weighted by atomic mass is 16.6. The lowest BCUT2D eigenvalue weighted by molar-refractivity contribution is -0.384. The number of nitro groups is 1. The molecule has 2 N–H and O–H groups in total. The van der Waals surface area contributed by atoms with Gasteiger partial charge in [0.2, 0.25) is 0 Å². The number of carbonyl (C=O) groups excluding carboxylic acids is 3. The monoisotopic (exact) mass is 454 g/mol. The van der Waals surface area contributed by atoms with Gasteiger partial charge in [-0.15, -0.1) is 0 Å². The molecule has 5 aliphatic rings. The number of hydrogen-bond acceptors (Lipinski definition) is 5. The number of hydrogen-bond donors (Lipinski definition) is 2. The summed E-state index contributed by atoms with van der Waals surface area (Å²) in [5, 5.41) is 17.0. The highest BCUT2D eigenvalue weighted by Gasteiger charge is 2.53. The van der Waals surface area contributed by atoms with Crippen LogP contribution in [-0.2, 0) is 0 Å². The maximum atomic E-state index is 12.5. The second-order valence-electron chi connectivity index (χ2n) is 10.5. The lowest BCUT2D eigenvalue weighted by Crippen LogP contribution is -2.57. The zero-order valence-electron chi connectivity index (χ0n) is 18.8. The van der Waals surface area contributed by atoms with Gasteiger partial charge in [-0.3, -0.25) is 24.6 Å². The van der Waals surface area contributed by atoms with Gasteiger partial charge < -0.3 is 10.6 Å². The highest BCUT2D eigenvalue weighted by Crippen LogP contribution is 2.61. The third-order valence-electron chi connectivity index (χ3n) is 8.36. The first-order valence-corrected chi connectivity index (χ1v) is 11.9. The normalized spacial score (nSPS) is 30.3. The summed E-state index contributed by atoms with van der Waals surface area (Å²) >= 11 is 0. The molecule has 4 aliphatic carbocycles. The molecule has 33 heavy (non-hydrogen) atoms. The SMILES string of the molecule is CC(NC(=O)NCCCN1C(=O)c2ccc([N+](=O)[O-])cc2C1=O)C12CC3CC(CC(C3)C1)C2. The second-order valence-corrected chi connectivity index (χ2v) is 10.5. The number of urea groups is 1. The Bertz CT molecular complexity index is 987. The van der Waals surface area contributed by atoms with Gasteiger partial charge in [0.05, 0.1) is 16.1 Å². The summed E-state index contributed by atoms with van der Waals surface area (Å²) in [6, 6.07) is 3.61. The van der Waals surface area contributed by atoms with Crippen molar-refractivity contribution in [3.05, 3.63) is 39.4 Å². The van der Waals surface area contributed by atoms with E-state index in [2.05, 4.69) is 17.6 Å². The molecule has 176 valence electrons. The van der Waals surface area contributed by atoms with Crippen molar-refractivity contribution in [1.29, 1.82) is 0 Å². The molecule has 4 saturated carbocycles. The molecule has 0 aromatic heterocycles. The standard InChI is InChI=1S/C24H30N4O5/c1-14(24-11-15-7-16(12-24)9-17(8-15)13-24)26-23(31)25-5-2-6-27-21(29)19-4-3-18(28(32)33)10-20(19)22(27)30/h3-4,10,14-17H,2,5-9,11-13H2,1H3,(H2,25,26,31). The van der Waals surface area contributed by atoms with Crippen molar-refractivity contribution in [3.8, 4) is 0 Å². The fraction of sp³-hybridized carbons (Fsp3) is 0.625. The fourth-order valence-electron chi connectivity index (χ4n) is 7.14. The van der Waals surface area contributed by atoms with Crippen molar-refractivity contribution in [2.24, 2.45) is 23.2 Å². The van der Waals surface area contributed by atoms with E-state index < -0.39 is 16.7 Å². The van der Waals surface area contributed by atoms with Gasteiger partial charge in [-0.25, -0.2) is 4.79 Å². The van der Waals surface area contributed by atoms with Crippen LogP contribution >= 0.6 is 0 Å². The number of amides is 4. The van der Waals surface area contributed by atoms with Gasteiger partial charge in [0.1, 0.15) is 0 Å². The molecule has 1 atom stereocenters. The number of imide groups is 1. The van der Waals surface area contributed by atoms with Crippen molar-refractivity contribution in [3.63, 3.8) is 0 Å². The van der Waals surface area contributed by atoms with Crippen LogP contribution in [0.2, 0.25) is 0 Å². The topological polar surface area (TPSA) is 122 Å². The van der Waals surface area contributed by atoms with Crippen molar-refractivity contribution >= 4 is 23.5 Å². The van der Waals surface area contributed by atoms with Gasteiger partial charge in [-0.05, 0) is 81.1 Å². The molecule has 1 aliphatic heterocycles.